The molecule has 0 saturated carbocycles. The van der Waals surface area contributed by atoms with E-state index in [4.69, 9.17) is 9.47 Å². The predicted octanol–water partition coefficient (Wildman–Crippen LogP) is 2.26. The van der Waals surface area contributed by atoms with E-state index in [1.165, 1.54) is 13.8 Å². The normalized spacial score (nSPS) is 17.5. The minimum atomic E-state index is -0.548. The number of hydrogen-bond donors (Lipinski definition) is 0. The maximum absolute atomic E-state index is 11.9. The van der Waals surface area contributed by atoms with Crippen LogP contribution in [0.3, 0.4) is 0 Å². The third-order valence-corrected chi connectivity index (χ3v) is 4.57. The molecule has 1 saturated heterocycles. The summed E-state index contributed by atoms with van der Waals surface area (Å²) in [5.41, 5.74) is 0. The van der Waals surface area contributed by atoms with Crippen LogP contribution < -0.4 is 0 Å². The average molecular weight is 369 g/mol. The molecule has 0 bridgehead atoms. The summed E-state index contributed by atoms with van der Waals surface area (Å²) in [5, 5.41) is 0. The van der Waals surface area contributed by atoms with Crippen LogP contribution in [0.15, 0.2) is 0 Å². The Morgan fingerprint density at radius 3 is 2.38 bits per heavy atom. The zero-order valence-electron chi connectivity index (χ0n) is 16.3. The summed E-state index contributed by atoms with van der Waals surface area (Å²) in [6, 6.07) is 0.0244. The highest BCUT2D eigenvalue weighted by Crippen LogP contribution is 2.23. The van der Waals surface area contributed by atoms with Crippen LogP contribution in [0.5, 0.6) is 0 Å². The molecular formula is C19H31NO6. The first kappa shape index (κ1) is 22.1. The molecule has 0 aromatic heterocycles. The lowest BCUT2D eigenvalue weighted by molar-refractivity contribution is -0.151. The maximum Gasteiger partial charge on any atom is 0.313 e. The van der Waals surface area contributed by atoms with E-state index < -0.39 is 5.97 Å². The van der Waals surface area contributed by atoms with Crippen molar-refractivity contribution in [1.82, 2.24) is 4.90 Å². The molecule has 0 aliphatic carbocycles. The number of ketones is 1. The second-order valence-corrected chi connectivity index (χ2v) is 7.08. The van der Waals surface area contributed by atoms with Crippen LogP contribution in [0.4, 0.5) is 0 Å². The van der Waals surface area contributed by atoms with E-state index in [1.807, 2.05) is 18.7 Å². The van der Waals surface area contributed by atoms with E-state index in [0.29, 0.717) is 25.7 Å². The van der Waals surface area contributed by atoms with Gasteiger partial charge in [-0.15, -0.1) is 0 Å². The van der Waals surface area contributed by atoms with Crippen LogP contribution in [0, 0.1) is 5.92 Å². The van der Waals surface area contributed by atoms with Gasteiger partial charge >= 0.3 is 11.9 Å². The lowest BCUT2D eigenvalue weighted by atomic mass is 9.93. The Bertz CT molecular complexity index is 518. The van der Waals surface area contributed by atoms with Crippen LogP contribution in [0.1, 0.15) is 66.2 Å². The van der Waals surface area contributed by atoms with Crippen LogP contribution in [-0.2, 0) is 28.7 Å². The van der Waals surface area contributed by atoms with E-state index in [1.54, 1.807) is 0 Å². The number of Topliss-reactive ketones (excluding diaryl/α,β-unsaturated/α-hetero) is 1. The van der Waals surface area contributed by atoms with E-state index >= 15 is 0 Å². The first-order valence-electron chi connectivity index (χ1n) is 9.34. The summed E-state index contributed by atoms with van der Waals surface area (Å²) in [5.74, 6) is -1.04. The fourth-order valence-electron chi connectivity index (χ4n) is 3.35. The number of hydrogen-bond acceptors (Lipinski definition) is 6. The first-order valence-corrected chi connectivity index (χ1v) is 9.34. The zero-order valence-corrected chi connectivity index (χ0v) is 16.3. The molecule has 1 rings (SSSR count). The third-order valence-electron chi connectivity index (χ3n) is 4.57. The molecule has 0 N–H and O–H groups in total. The molecule has 26 heavy (non-hydrogen) atoms. The summed E-state index contributed by atoms with van der Waals surface area (Å²) in [4.78, 5) is 47.8. The van der Waals surface area contributed by atoms with Crippen molar-refractivity contribution in [2.24, 2.45) is 5.92 Å². The minimum Gasteiger partial charge on any atom is -0.465 e. The maximum atomic E-state index is 11.9. The Kier molecular flexibility index (Phi) is 9.30. The Hall–Kier alpha value is -1.92. The van der Waals surface area contributed by atoms with Gasteiger partial charge in [-0.1, -0.05) is 6.92 Å². The van der Waals surface area contributed by atoms with Crippen LogP contribution in [-0.4, -0.2) is 53.8 Å². The Labute approximate surface area is 155 Å². The van der Waals surface area contributed by atoms with E-state index in [0.717, 1.165) is 13.0 Å². The second kappa shape index (κ2) is 10.9. The number of amides is 1. The van der Waals surface area contributed by atoms with Gasteiger partial charge in [-0.25, -0.2) is 0 Å². The molecule has 1 aliphatic rings. The van der Waals surface area contributed by atoms with Crippen molar-refractivity contribution in [3.05, 3.63) is 0 Å². The van der Waals surface area contributed by atoms with Gasteiger partial charge in [0.05, 0.1) is 6.61 Å². The number of esters is 2. The topological polar surface area (TPSA) is 90.0 Å². The molecule has 1 fully saturated rings. The Balaban J connectivity index is 2.69. The Morgan fingerprint density at radius 2 is 1.88 bits per heavy atom. The second-order valence-electron chi connectivity index (χ2n) is 7.08. The third kappa shape index (κ3) is 7.97. The van der Waals surface area contributed by atoms with Crippen molar-refractivity contribution < 1.29 is 28.7 Å². The Morgan fingerprint density at radius 1 is 1.19 bits per heavy atom. The van der Waals surface area contributed by atoms with Crippen molar-refractivity contribution >= 4 is 23.6 Å². The summed E-state index contributed by atoms with van der Waals surface area (Å²) >= 11 is 0. The van der Waals surface area contributed by atoms with Crippen molar-refractivity contribution in [1.29, 1.82) is 0 Å². The van der Waals surface area contributed by atoms with Crippen LogP contribution in [0.25, 0.3) is 0 Å². The standard InChI is InChI=1S/C19H31NO6/c1-5-17(26-15(4)22)11-16(12-25-19(24)10-14(3)21)9-13(2)20-8-6-7-18(20)23/h13,16-17H,5-12H2,1-4H3. The van der Waals surface area contributed by atoms with Gasteiger partial charge < -0.3 is 14.4 Å². The van der Waals surface area contributed by atoms with E-state index in [2.05, 4.69) is 0 Å². The van der Waals surface area contributed by atoms with Gasteiger partial charge in [0, 0.05) is 25.9 Å². The minimum absolute atomic E-state index is 0.0244. The van der Waals surface area contributed by atoms with Crippen molar-refractivity contribution in [3.8, 4) is 0 Å². The highest BCUT2D eigenvalue weighted by Gasteiger charge is 2.29. The van der Waals surface area contributed by atoms with Gasteiger partial charge in [0.25, 0.3) is 0 Å². The zero-order chi connectivity index (χ0) is 19.7. The fourth-order valence-corrected chi connectivity index (χ4v) is 3.35. The summed E-state index contributed by atoms with van der Waals surface area (Å²) in [6.45, 7) is 7.53. The van der Waals surface area contributed by atoms with Gasteiger partial charge in [0.2, 0.25) is 5.91 Å². The largest absolute Gasteiger partial charge is 0.465 e. The number of ether oxygens (including phenoxy) is 2. The molecule has 1 heterocycles. The summed E-state index contributed by atoms with van der Waals surface area (Å²) < 4.78 is 10.6. The van der Waals surface area contributed by atoms with Gasteiger partial charge in [-0.2, -0.15) is 0 Å². The smallest absolute Gasteiger partial charge is 0.313 e. The van der Waals surface area contributed by atoms with E-state index in [9.17, 15) is 19.2 Å². The fraction of sp³-hybridized carbons (Fsp3) is 0.789. The van der Waals surface area contributed by atoms with Gasteiger partial charge in [-0.05, 0) is 45.4 Å². The molecule has 0 radical (unpaired) electrons. The number of carbonyl (C=O) groups is 4. The number of carbonyl (C=O) groups excluding carboxylic acids is 4. The highest BCUT2D eigenvalue weighted by atomic mass is 16.5. The van der Waals surface area contributed by atoms with E-state index in [-0.39, 0.29) is 48.8 Å². The molecule has 1 aliphatic heterocycles. The number of rotatable bonds is 11. The first-order chi connectivity index (χ1) is 12.2. The molecule has 3 atom stereocenters. The molecule has 7 heteroatoms. The van der Waals surface area contributed by atoms with Gasteiger partial charge in [-0.3, -0.25) is 19.2 Å². The monoisotopic (exact) mass is 369 g/mol. The average Bonchev–Trinajstić information content (AvgIpc) is 2.96. The summed E-state index contributed by atoms with van der Waals surface area (Å²) in [6.07, 6.45) is 2.81. The molecule has 0 aromatic carbocycles. The lowest BCUT2D eigenvalue weighted by Gasteiger charge is -2.29. The lowest BCUT2D eigenvalue weighted by Crippen LogP contribution is -2.37. The number of nitrogens with zero attached hydrogens (tertiary/aromatic N) is 1. The molecule has 1 amide bonds. The molecule has 0 spiro atoms. The van der Waals surface area contributed by atoms with Crippen molar-refractivity contribution in [2.45, 2.75) is 78.4 Å². The van der Waals surface area contributed by atoms with Crippen molar-refractivity contribution in [3.63, 3.8) is 0 Å². The van der Waals surface area contributed by atoms with Gasteiger partial charge in [0.1, 0.15) is 18.3 Å². The van der Waals surface area contributed by atoms with Crippen LogP contribution >= 0.6 is 0 Å². The molecule has 3 unspecified atom stereocenters. The van der Waals surface area contributed by atoms with Crippen LogP contribution in [0.2, 0.25) is 0 Å². The molecule has 148 valence electrons. The predicted molar refractivity (Wildman–Crippen MR) is 95.2 cm³/mol. The quantitative estimate of drug-likeness (QED) is 0.410. The molecule has 0 aromatic rings. The number of likely N-dealkylation sites (tertiary alicyclic amines) is 1. The van der Waals surface area contributed by atoms with Gasteiger partial charge in [0.15, 0.2) is 0 Å². The molecule has 7 nitrogen and oxygen atoms in total. The summed E-state index contributed by atoms with van der Waals surface area (Å²) in [7, 11) is 0. The van der Waals surface area contributed by atoms with Crippen molar-refractivity contribution in [2.75, 3.05) is 13.2 Å². The highest BCUT2D eigenvalue weighted by molar-refractivity contribution is 5.94. The SMILES string of the molecule is CCC(CC(COC(=O)CC(C)=O)CC(C)N1CCCC1=O)OC(C)=O. The molecular weight excluding hydrogens is 338 g/mol.